The summed E-state index contributed by atoms with van der Waals surface area (Å²) in [7, 11) is 2.16. The van der Waals surface area contributed by atoms with Gasteiger partial charge in [0.05, 0.1) is 10.4 Å². The molecule has 0 aromatic carbocycles. The van der Waals surface area contributed by atoms with Crippen LogP contribution < -0.4 is 5.73 Å². The average Bonchev–Trinajstić information content (AvgIpc) is 2.75. The first-order chi connectivity index (χ1) is 8.33. The molecule has 2 atom stereocenters. The van der Waals surface area contributed by atoms with E-state index in [0.29, 0.717) is 0 Å². The molecule has 0 fully saturated rings. The number of likely N-dealkylation sites (N-methyl/N-ethyl adjacent to an activating group) is 1. The highest BCUT2D eigenvalue weighted by molar-refractivity contribution is 7.16. The van der Waals surface area contributed by atoms with E-state index in [0.717, 1.165) is 17.2 Å². The average molecular weight is 289 g/mol. The number of halogens is 1. The van der Waals surface area contributed by atoms with Gasteiger partial charge in [0.25, 0.3) is 0 Å². The fourth-order valence-corrected chi connectivity index (χ4v) is 3.31. The molecule has 0 aliphatic rings. The maximum absolute atomic E-state index is 6.33. The summed E-state index contributed by atoms with van der Waals surface area (Å²) < 4.78 is 0.834. The Morgan fingerprint density at radius 3 is 2.39 bits per heavy atom. The van der Waals surface area contributed by atoms with Crippen LogP contribution in [0.25, 0.3) is 0 Å². The van der Waals surface area contributed by atoms with Crippen LogP contribution in [-0.2, 0) is 0 Å². The third-order valence-electron chi connectivity index (χ3n) is 4.00. The number of thiophene rings is 1. The second kappa shape index (κ2) is 6.38. The number of hydrogen-bond donors (Lipinski definition) is 1. The third kappa shape index (κ3) is 3.47. The molecule has 1 rings (SSSR count). The van der Waals surface area contributed by atoms with Crippen LogP contribution in [-0.4, -0.2) is 23.5 Å². The van der Waals surface area contributed by atoms with Crippen molar-refractivity contribution in [2.45, 2.75) is 58.2 Å². The predicted molar refractivity (Wildman–Crippen MR) is 82.5 cm³/mol. The van der Waals surface area contributed by atoms with E-state index in [1.807, 2.05) is 6.07 Å². The highest BCUT2D eigenvalue weighted by Gasteiger charge is 2.32. The molecule has 1 aromatic rings. The first kappa shape index (κ1) is 16.0. The maximum atomic E-state index is 6.33. The molecule has 0 saturated carbocycles. The standard InChI is InChI=1S/C14H25ClN2S/c1-6-10(16)13(11-8-9-12(15)18-11)17(5)14(3,4)7-2/h8-10,13H,6-7,16H2,1-5H3. The molecular formula is C14H25ClN2S. The predicted octanol–water partition coefficient (Wildman–Crippen LogP) is 4.30. The quantitative estimate of drug-likeness (QED) is 0.845. The maximum Gasteiger partial charge on any atom is 0.0931 e. The van der Waals surface area contributed by atoms with Gasteiger partial charge in [-0.2, -0.15) is 0 Å². The minimum atomic E-state index is 0.133. The Kier molecular flexibility index (Phi) is 5.66. The van der Waals surface area contributed by atoms with Crippen LogP contribution in [0.4, 0.5) is 0 Å². The van der Waals surface area contributed by atoms with E-state index in [9.17, 15) is 0 Å². The molecule has 1 aromatic heterocycles. The van der Waals surface area contributed by atoms with Crippen molar-refractivity contribution in [2.75, 3.05) is 7.05 Å². The van der Waals surface area contributed by atoms with Crippen LogP contribution in [0.1, 0.15) is 51.5 Å². The number of rotatable bonds is 6. The third-order valence-corrected chi connectivity index (χ3v) is 5.30. The Hall–Kier alpha value is -0.0900. The van der Waals surface area contributed by atoms with Crippen molar-refractivity contribution in [3.8, 4) is 0 Å². The van der Waals surface area contributed by atoms with Crippen molar-refractivity contribution >= 4 is 22.9 Å². The zero-order chi connectivity index (χ0) is 13.9. The van der Waals surface area contributed by atoms with Gasteiger partial charge in [0.1, 0.15) is 0 Å². The van der Waals surface area contributed by atoms with Gasteiger partial charge in [0.2, 0.25) is 0 Å². The first-order valence-electron chi connectivity index (χ1n) is 6.57. The van der Waals surface area contributed by atoms with Crippen LogP contribution in [0.5, 0.6) is 0 Å². The smallest absolute Gasteiger partial charge is 0.0931 e. The van der Waals surface area contributed by atoms with Gasteiger partial charge in [-0.05, 0) is 45.9 Å². The summed E-state index contributed by atoms with van der Waals surface area (Å²) in [5.74, 6) is 0. The monoisotopic (exact) mass is 288 g/mol. The molecule has 18 heavy (non-hydrogen) atoms. The first-order valence-corrected chi connectivity index (χ1v) is 7.76. The number of hydrogen-bond acceptors (Lipinski definition) is 3. The van der Waals surface area contributed by atoms with E-state index >= 15 is 0 Å². The van der Waals surface area contributed by atoms with Crippen LogP contribution in [0, 0.1) is 0 Å². The fourth-order valence-electron chi connectivity index (χ4n) is 2.03. The summed E-state index contributed by atoms with van der Waals surface area (Å²) in [6.07, 6.45) is 2.06. The van der Waals surface area contributed by atoms with E-state index in [4.69, 9.17) is 17.3 Å². The van der Waals surface area contributed by atoms with Gasteiger partial charge in [-0.3, -0.25) is 4.90 Å². The fraction of sp³-hybridized carbons (Fsp3) is 0.714. The lowest BCUT2D eigenvalue weighted by atomic mass is 9.93. The molecule has 0 saturated heterocycles. The lowest BCUT2D eigenvalue weighted by molar-refractivity contribution is 0.0825. The van der Waals surface area contributed by atoms with E-state index in [-0.39, 0.29) is 17.6 Å². The van der Waals surface area contributed by atoms with Crippen molar-refractivity contribution in [3.05, 3.63) is 21.3 Å². The normalized spacial score (nSPS) is 16.0. The molecular weight excluding hydrogens is 264 g/mol. The molecule has 0 amide bonds. The van der Waals surface area contributed by atoms with Crippen LogP contribution in [0.3, 0.4) is 0 Å². The van der Waals surface area contributed by atoms with Crippen molar-refractivity contribution < 1.29 is 0 Å². The van der Waals surface area contributed by atoms with Gasteiger partial charge in [0.15, 0.2) is 0 Å². The van der Waals surface area contributed by atoms with Gasteiger partial charge in [-0.15, -0.1) is 11.3 Å². The molecule has 0 spiro atoms. The van der Waals surface area contributed by atoms with Gasteiger partial charge in [0, 0.05) is 16.5 Å². The van der Waals surface area contributed by atoms with Crippen LogP contribution in [0.15, 0.2) is 12.1 Å². The Morgan fingerprint density at radius 1 is 1.39 bits per heavy atom. The van der Waals surface area contributed by atoms with E-state index in [1.165, 1.54) is 4.88 Å². The Labute approximate surface area is 120 Å². The van der Waals surface area contributed by atoms with Crippen LogP contribution >= 0.6 is 22.9 Å². The minimum Gasteiger partial charge on any atom is -0.326 e. The van der Waals surface area contributed by atoms with Gasteiger partial charge >= 0.3 is 0 Å². The van der Waals surface area contributed by atoms with Crippen molar-refractivity contribution in [3.63, 3.8) is 0 Å². The summed E-state index contributed by atoms with van der Waals surface area (Å²) >= 11 is 7.70. The summed E-state index contributed by atoms with van der Waals surface area (Å²) in [5, 5.41) is 0. The number of nitrogens with two attached hydrogens (primary N) is 1. The van der Waals surface area contributed by atoms with E-state index in [2.05, 4.69) is 45.7 Å². The van der Waals surface area contributed by atoms with Gasteiger partial charge in [-0.25, -0.2) is 0 Å². The SMILES string of the molecule is CCC(N)C(c1ccc(Cl)s1)N(C)C(C)(C)CC. The zero-order valence-electron chi connectivity index (χ0n) is 12.0. The summed E-state index contributed by atoms with van der Waals surface area (Å²) in [4.78, 5) is 3.65. The second-order valence-corrected chi connectivity index (χ2v) is 7.18. The highest BCUT2D eigenvalue weighted by Crippen LogP contribution is 2.36. The van der Waals surface area contributed by atoms with Crippen molar-refractivity contribution in [1.29, 1.82) is 0 Å². The van der Waals surface area contributed by atoms with Crippen LogP contribution in [0.2, 0.25) is 4.34 Å². The molecule has 2 nitrogen and oxygen atoms in total. The van der Waals surface area contributed by atoms with Crippen molar-refractivity contribution in [2.24, 2.45) is 5.73 Å². The lowest BCUT2D eigenvalue weighted by Gasteiger charge is -2.42. The molecule has 4 heteroatoms. The molecule has 2 N–H and O–H groups in total. The Balaban J connectivity index is 3.06. The molecule has 104 valence electrons. The molecule has 0 radical (unpaired) electrons. The zero-order valence-corrected chi connectivity index (χ0v) is 13.6. The van der Waals surface area contributed by atoms with E-state index < -0.39 is 0 Å². The molecule has 2 unspecified atom stereocenters. The molecule has 1 heterocycles. The van der Waals surface area contributed by atoms with E-state index in [1.54, 1.807) is 11.3 Å². The lowest BCUT2D eigenvalue weighted by Crippen LogP contribution is -2.48. The summed E-state index contributed by atoms with van der Waals surface area (Å²) in [5.41, 5.74) is 6.47. The molecule has 0 aliphatic carbocycles. The highest BCUT2D eigenvalue weighted by atomic mass is 35.5. The minimum absolute atomic E-state index is 0.133. The number of nitrogens with zero attached hydrogens (tertiary/aromatic N) is 1. The molecule has 0 bridgehead atoms. The summed E-state index contributed by atoms with van der Waals surface area (Å²) in [6.45, 7) is 8.88. The largest absolute Gasteiger partial charge is 0.326 e. The Morgan fingerprint density at radius 2 is 2.00 bits per heavy atom. The Bertz CT molecular complexity index is 376. The second-order valence-electron chi connectivity index (χ2n) is 5.44. The van der Waals surface area contributed by atoms with Gasteiger partial charge in [-0.1, -0.05) is 25.4 Å². The van der Waals surface area contributed by atoms with Crippen molar-refractivity contribution in [1.82, 2.24) is 4.90 Å². The van der Waals surface area contributed by atoms with Gasteiger partial charge < -0.3 is 5.73 Å². The topological polar surface area (TPSA) is 29.3 Å². The summed E-state index contributed by atoms with van der Waals surface area (Å²) in [6, 6.07) is 4.44. The molecule has 0 aliphatic heterocycles.